The summed E-state index contributed by atoms with van der Waals surface area (Å²) in [6.45, 7) is 4.30. The van der Waals surface area contributed by atoms with E-state index in [0.717, 1.165) is 31.5 Å². The Morgan fingerprint density at radius 3 is 2.40 bits per heavy atom. The molecule has 2 rings (SSSR count). The molecular weight excluding hydrogens is 189 g/mol. The fraction of sp³-hybridized carbons (Fsp3) is 0.538. The summed E-state index contributed by atoms with van der Waals surface area (Å²) in [4.78, 5) is 2.31. The van der Waals surface area contributed by atoms with Crippen LogP contribution in [-0.2, 0) is 5.41 Å². The molecule has 0 atom stereocenters. The highest BCUT2D eigenvalue weighted by atomic mass is 19.1. The minimum Gasteiger partial charge on any atom is -0.306 e. The molecule has 0 amide bonds. The number of benzene rings is 1. The quantitative estimate of drug-likeness (QED) is 0.684. The number of nitrogens with zero attached hydrogens (tertiary/aromatic N) is 1. The molecule has 0 aliphatic carbocycles. The first-order valence-corrected chi connectivity index (χ1v) is 5.55. The van der Waals surface area contributed by atoms with Crippen molar-refractivity contribution in [3.8, 4) is 0 Å². The number of rotatable bonds is 1. The molecule has 0 aromatic heterocycles. The van der Waals surface area contributed by atoms with E-state index in [1.165, 1.54) is 0 Å². The Hall–Kier alpha value is -0.890. The Kier molecular flexibility index (Phi) is 2.79. The van der Waals surface area contributed by atoms with Gasteiger partial charge >= 0.3 is 0 Å². The molecule has 1 heterocycles. The fourth-order valence-electron chi connectivity index (χ4n) is 2.33. The molecular formula is C13H18FN. The lowest BCUT2D eigenvalue weighted by atomic mass is 9.74. The second-order valence-corrected chi connectivity index (χ2v) is 4.84. The predicted molar refractivity (Wildman–Crippen MR) is 60.5 cm³/mol. The van der Waals surface area contributed by atoms with E-state index in [0.29, 0.717) is 0 Å². The first-order chi connectivity index (χ1) is 7.12. The summed E-state index contributed by atoms with van der Waals surface area (Å²) in [7, 11) is 2.13. The summed E-state index contributed by atoms with van der Waals surface area (Å²) < 4.78 is 13.7. The van der Waals surface area contributed by atoms with Crippen LogP contribution in [0.25, 0.3) is 0 Å². The second kappa shape index (κ2) is 3.93. The van der Waals surface area contributed by atoms with Crippen molar-refractivity contribution in [2.24, 2.45) is 0 Å². The van der Waals surface area contributed by atoms with Gasteiger partial charge in [0.15, 0.2) is 0 Å². The number of likely N-dealkylation sites (tertiary alicyclic amines) is 1. The van der Waals surface area contributed by atoms with Gasteiger partial charge in [-0.2, -0.15) is 0 Å². The van der Waals surface area contributed by atoms with Gasteiger partial charge in [0.05, 0.1) is 0 Å². The summed E-state index contributed by atoms with van der Waals surface area (Å²) in [6.07, 6.45) is 2.09. The Morgan fingerprint density at radius 2 is 1.80 bits per heavy atom. The second-order valence-electron chi connectivity index (χ2n) is 4.84. The Balaban J connectivity index is 2.26. The first kappa shape index (κ1) is 10.6. The molecule has 0 spiro atoms. The van der Waals surface area contributed by atoms with E-state index in [4.69, 9.17) is 0 Å². The van der Waals surface area contributed by atoms with Crippen LogP contribution in [0.15, 0.2) is 24.3 Å². The Morgan fingerprint density at radius 1 is 1.20 bits per heavy atom. The van der Waals surface area contributed by atoms with Gasteiger partial charge in [0.1, 0.15) is 5.82 Å². The van der Waals surface area contributed by atoms with E-state index >= 15 is 0 Å². The number of hydrogen-bond acceptors (Lipinski definition) is 1. The van der Waals surface area contributed by atoms with Crippen molar-refractivity contribution in [1.82, 2.24) is 4.90 Å². The number of halogens is 1. The van der Waals surface area contributed by atoms with Gasteiger partial charge in [0, 0.05) is 0 Å². The van der Waals surface area contributed by atoms with Crippen molar-refractivity contribution < 1.29 is 4.39 Å². The molecule has 82 valence electrons. The molecule has 1 aliphatic heterocycles. The van der Waals surface area contributed by atoms with E-state index in [9.17, 15) is 4.39 Å². The maximum atomic E-state index is 13.7. The Bertz CT molecular complexity index is 340. The molecule has 1 aliphatic rings. The van der Waals surface area contributed by atoms with Crippen LogP contribution >= 0.6 is 0 Å². The standard InChI is InChI=1S/C13H18FN/c1-13(7-9-15(2)10-8-13)11-5-3-4-6-12(11)14/h3-6H,7-10H2,1-2H3. The van der Waals surface area contributed by atoms with Gasteiger partial charge in [0.2, 0.25) is 0 Å². The minimum atomic E-state index is -0.0513. The van der Waals surface area contributed by atoms with E-state index in [2.05, 4.69) is 18.9 Å². The lowest BCUT2D eigenvalue weighted by Crippen LogP contribution is -2.39. The summed E-state index contributed by atoms with van der Waals surface area (Å²) in [6, 6.07) is 7.19. The zero-order valence-corrected chi connectivity index (χ0v) is 9.46. The molecule has 1 aromatic rings. The molecule has 1 nitrogen and oxygen atoms in total. The van der Waals surface area contributed by atoms with Crippen LogP contribution in [0.4, 0.5) is 4.39 Å². The monoisotopic (exact) mass is 207 g/mol. The minimum absolute atomic E-state index is 0.0256. The lowest BCUT2D eigenvalue weighted by molar-refractivity contribution is 0.196. The van der Waals surface area contributed by atoms with Gasteiger partial charge in [-0.25, -0.2) is 4.39 Å². The Labute approximate surface area is 90.9 Å². The maximum Gasteiger partial charge on any atom is 0.126 e. The topological polar surface area (TPSA) is 3.24 Å². The van der Waals surface area contributed by atoms with Gasteiger partial charge in [0.25, 0.3) is 0 Å². The highest BCUT2D eigenvalue weighted by molar-refractivity contribution is 5.27. The fourth-order valence-corrected chi connectivity index (χ4v) is 2.33. The third-order valence-electron chi connectivity index (χ3n) is 3.61. The number of piperidine rings is 1. The molecule has 1 saturated heterocycles. The van der Waals surface area contributed by atoms with Crippen LogP contribution in [0.1, 0.15) is 25.3 Å². The zero-order valence-electron chi connectivity index (χ0n) is 9.46. The summed E-state index contributed by atoms with van der Waals surface area (Å²) >= 11 is 0. The number of hydrogen-bond donors (Lipinski definition) is 0. The van der Waals surface area contributed by atoms with Gasteiger partial charge in [-0.15, -0.1) is 0 Å². The summed E-state index contributed by atoms with van der Waals surface area (Å²) in [5.41, 5.74) is 0.913. The van der Waals surface area contributed by atoms with Crippen molar-refractivity contribution in [1.29, 1.82) is 0 Å². The molecule has 0 N–H and O–H groups in total. The molecule has 0 saturated carbocycles. The smallest absolute Gasteiger partial charge is 0.126 e. The van der Waals surface area contributed by atoms with Crippen LogP contribution in [0.5, 0.6) is 0 Å². The van der Waals surface area contributed by atoms with Gasteiger partial charge in [-0.3, -0.25) is 0 Å². The highest BCUT2D eigenvalue weighted by Crippen LogP contribution is 2.35. The molecule has 15 heavy (non-hydrogen) atoms. The third-order valence-corrected chi connectivity index (χ3v) is 3.61. The average Bonchev–Trinajstić information content (AvgIpc) is 2.23. The van der Waals surface area contributed by atoms with Crippen LogP contribution in [0.3, 0.4) is 0 Å². The maximum absolute atomic E-state index is 13.7. The van der Waals surface area contributed by atoms with Crippen molar-refractivity contribution in [2.75, 3.05) is 20.1 Å². The van der Waals surface area contributed by atoms with E-state index in [1.807, 2.05) is 12.1 Å². The molecule has 1 fully saturated rings. The SMILES string of the molecule is CN1CCC(C)(c2ccccc2F)CC1. The third kappa shape index (κ3) is 2.05. The van der Waals surface area contributed by atoms with Crippen molar-refractivity contribution in [3.05, 3.63) is 35.6 Å². The van der Waals surface area contributed by atoms with Crippen molar-refractivity contribution >= 4 is 0 Å². The molecule has 2 heteroatoms. The van der Waals surface area contributed by atoms with Gasteiger partial charge in [-0.1, -0.05) is 25.1 Å². The van der Waals surface area contributed by atoms with E-state index in [1.54, 1.807) is 12.1 Å². The van der Waals surface area contributed by atoms with Gasteiger partial charge < -0.3 is 4.90 Å². The molecule has 0 bridgehead atoms. The first-order valence-electron chi connectivity index (χ1n) is 5.55. The van der Waals surface area contributed by atoms with Crippen LogP contribution < -0.4 is 0 Å². The molecule has 1 aromatic carbocycles. The highest BCUT2D eigenvalue weighted by Gasteiger charge is 2.32. The van der Waals surface area contributed by atoms with Crippen LogP contribution in [0.2, 0.25) is 0 Å². The summed E-state index contributed by atoms with van der Waals surface area (Å²) in [5.74, 6) is -0.0513. The molecule has 0 radical (unpaired) electrons. The molecule has 0 unspecified atom stereocenters. The normalized spacial score (nSPS) is 21.5. The van der Waals surface area contributed by atoms with Crippen molar-refractivity contribution in [2.45, 2.75) is 25.2 Å². The van der Waals surface area contributed by atoms with Gasteiger partial charge in [-0.05, 0) is 50.0 Å². The largest absolute Gasteiger partial charge is 0.306 e. The van der Waals surface area contributed by atoms with Crippen LogP contribution in [-0.4, -0.2) is 25.0 Å². The van der Waals surface area contributed by atoms with E-state index < -0.39 is 0 Å². The lowest BCUT2D eigenvalue weighted by Gasteiger charge is -2.38. The average molecular weight is 207 g/mol. The predicted octanol–water partition coefficient (Wildman–Crippen LogP) is 2.81. The summed E-state index contributed by atoms with van der Waals surface area (Å²) in [5, 5.41) is 0. The zero-order chi connectivity index (χ0) is 10.9. The van der Waals surface area contributed by atoms with Crippen molar-refractivity contribution in [3.63, 3.8) is 0 Å². The van der Waals surface area contributed by atoms with E-state index in [-0.39, 0.29) is 11.2 Å². The van der Waals surface area contributed by atoms with Crippen LogP contribution in [0, 0.1) is 5.82 Å².